The van der Waals surface area contributed by atoms with Crippen molar-refractivity contribution in [2.75, 3.05) is 7.05 Å². The monoisotopic (exact) mass is 390 g/mol. The van der Waals surface area contributed by atoms with E-state index >= 15 is 0 Å². The molecular formula is C22H19FN4O2. The van der Waals surface area contributed by atoms with Crippen molar-refractivity contribution >= 4 is 11.4 Å². The Hall–Kier alpha value is -3.55. The predicted octanol–water partition coefficient (Wildman–Crippen LogP) is 3.56. The fourth-order valence-electron chi connectivity index (χ4n) is 3.32. The highest BCUT2D eigenvalue weighted by Gasteiger charge is 2.20. The molecule has 0 unspecified atom stereocenters. The van der Waals surface area contributed by atoms with Gasteiger partial charge in [0.15, 0.2) is 0 Å². The molecule has 4 aromatic rings. The number of halogens is 1. The van der Waals surface area contributed by atoms with Crippen LogP contribution in [0.4, 0.5) is 4.39 Å². The summed E-state index contributed by atoms with van der Waals surface area (Å²) in [7, 11) is 1.57. The Kier molecular flexibility index (Phi) is 5.07. The van der Waals surface area contributed by atoms with Crippen LogP contribution in [-0.4, -0.2) is 22.6 Å². The number of fused-ring (bicyclic) bond motifs is 1. The van der Waals surface area contributed by atoms with E-state index in [0.29, 0.717) is 28.9 Å². The first kappa shape index (κ1) is 18.8. The van der Waals surface area contributed by atoms with Crippen LogP contribution in [0.5, 0.6) is 0 Å². The predicted molar refractivity (Wildman–Crippen MR) is 108 cm³/mol. The Bertz CT molecular complexity index is 1190. The zero-order valence-corrected chi connectivity index (χ0v) is 15.7. The van der Waals surface area contributed by atoms with Crippen LogP contribution in [0.25, 0.3) is 27.9 Å². The number of nitrogens with one attached hydrogen (secondary N) is 1. The molecule has 0 aliphatic heterocycles. The summed E-state index contributed by atoms with van der Waals surface area (Å²) in [5, 5.41) is 7.23. The molecule has 0 radical (unpaired) electrons. The standard InChI is InChI=1S/C22H19FN4O2/c1-25-22(28)20-19-12-17(16-4-2-3-14(11-16)13-29-24)9-10-27(19)26-21(20)15-5-7-18(23)8-6-15/h2-12H,13,24H2,1H3,(H,25,28). The van der Waals surface area contributed by atoms with E-state index in [9.17, 15) is 9.18 Å². The molecule has 2 aromatic heterocycles. The van der Waals surface area contributed by atoms with Crippen LogP contribution < -0.4 is 11.2 Å². The van der Waals surface area contributed by atoms with Crippen LogP contribution in [0.1, 0.15) is 15.9 Å². The molecule has 0 aliphatic carbocycles. The molecule has 0 spiro atoms. The van der Waals surface area contributed by atoms with Gasteiger partial charge in [0.2, 0.25) is 0 Å². The number of carbonyl (C=O) groups is 1. The molecule has 0 bridgehead atoms. The Balaban J connectivity index is 1.89. The molecule has 0 fully saturated rings. The molecule has 0 saturated heterocycles. The van der Waals surface area contributed by atoms with E-state index < -0.39 is 0 Å². The lowest BCUT2D eigenvalue weighted by molar-refractivity contribution is 0.0965. The summed E-state index contributed by atoms with van der Waals surface area (Å²) in [6.07, 6.45) is 1.80. The second kappa shape index (κ2) is 7.83. The van der Waals surface area contributed by atoms with Crippen LogP contribution in [0, 0.1) is 5.82 Å². The van der Waals surface area contributed by atoms with Gasteiger partial charge in [0.1, 0.15) is 11.5 Å². The van der Waals surface area contributed by atoms with Gasteiger partial charge < -0.3 is 5.32 Å². The van der Waals surface area contributed by atoms with Crippen molar-refractivity contribution in [3.05, 3.63) is 83.8 Å². The third kappa shape index (κ3) is 3.61. The molecule has 3 N–H and O–H groups in total. The third-order valence-electron chi connectivity index (χ3n) is 4.72. The van der Waals surface area contributed by atoms with Crippen LogP contribution in [0.3, 0.4) is 0 Å². The number of carbonyl (C=O) groups excluding carboxylic acids is 1. The summed E-state index contributed by atoms with van der Waals surface area (Å²) < 4.78 is 15.0. The van der Waals surface area contributed by atoms with Gasteiger partial charge >= 0.3 is 0 Å². The highest BCUT2D eigenvalue weighted by atomic mass is 19.1. The molecule has 6 nitrogen and oxygen atoms in total. The molecule has 29 heavy (non-hydrogen) atoms. The Morgan fingerprint density at radius 3 is 2.59 bits per heavy atom. The normalized spacial score (nSPS) is 11.0. The maximum Gasteiger partial charge on any atom is 0.255 e. The smallest absolute Gasteiger partial charge is 0.255 e. The van der Waals surface area contributed by atoms with Gasteiger partial charge in [0.05, 0.1) is 17.7 Å². The maximum atomic E-state index is 13.3. The van der Waals surface area contributed by atoms with Crippen molar-refractivity contribution in [2.24, 2.45) is 5.90 Å². The summed E-state index contributed by atoms with van der Waals surface area (Å²) in [4.78, 5) is 17.4. The molecule has 1 amide bonds. The van der Waals surface area contributed by atoms with E-state index in [2.05, 4.69) is 10.4 Å². The lowest BCUT2D eigenvalue weighted by Gasteiger charge is -2.06. The first-order valence-electron chi connectivity index (χ1n) is 9.02. The van der Waals surface area contributed by atoms with Crippen molar-refractivity contribution in [3.63, 3.8) is 0 Å². The van der Waals surface area contributed by atoms with Gasteiger partial charge in [-0.05, 0) is 59.2 Å². The Labute approximate surface area is 166 Å². The lowest BCUT2D eigenvalue weighted by atomic mass is 10.0. The quantitative estimate of drug-likeness (QED) is 0.511. The number of pyridine rings is 1. The van der Waals surface area contributed by atoms with Crippen molar-refractivity contribution in [2.45, 2.75) is 6.61 Å². The number of aromatic nitrogens is 2. The lowest BCUT2D eigenvalue weighted by Crippen LogP contribution is -2.18. The second-order valence-electron chi connectivity index (χ2n) is 6.57. The summed E-state index contributed by atoms with van der Waals surface area (Å²) in [5.41, 5.74) is 5.08. The van der Waals surface area contributed by atoms with Crippen molar-refractivity contribution in [1.29, 1.82) is 0 Å². The van der Waals surface area contributed by atoms with Gasteiger partial charge in [-0.15, -0.1) is 0 Å². The number of hydrogen-bond acceptors (Lipinski definition) is 4. The van der Waals surface area contributed by atoms with Gasteiger partial charge in [-0.25, -0.2) is 14.8 Å². The second-order valence-corrected chi connectivity index (χ2v) is 6.57. The Morgan fingerprint density at radius 2 is 1.86 bits per heavy atom. The van der Waals surface area contributed by atoms with E-state index in [-0.39, 0.29) is 11.7 Å². The minimum atomic E-state index is -0.345. The van der Waals surface area contributed by atoms with Crippen LogP contribution in [0.15, 0.2) is 66.9 Å². The van der Waals surface area contributed by atoms with Crippen LogP contribution in [0.2, 0.25) is 0 Å². The Morgan fingerprint density at radius 1 is 1.10 bits per heavy atom. The number of nitrogens with zero attached hydrogens (tertiary/aromatic N) is 2. The molecule has 4 rings (SSSR count). The highest BCUT2D eigenvalue weighted by Crippen LogP contribution is 2.30. The molecule has 2 heterocycles. The maximum absolute atomic E-state index is 13.3. The molecule has 7 heteroatoms. The van der Waals surface area contributed by atoms with Gasteiger partial charge in [-0.1, -0.05) is 18.2 Å². The number of amides is 1. The minimum absolute atomic E-state index is 0.262. The summed E-state index contributed by atoms with van der Waals surface area (Å²) in [6.45, 7) is 0.307. The van der Waals surface area contributed by atoms with E-state index in [1.165, 1.54) is 12.1 Å². The summed E-state index contributed by atoms with van der Waals surface area (Å²) in [6, 6.07) is 17.6. The van der Waals surface area contributed by atoms with Crippen molar-refractivity contribution in [1.82, 2.24) is 14.9 Å². The SMILES string of the molecule is CNC(=O)c1c(-c2ccc(F)cc2)nn2ccc(-c3cccc(CON)c3)cc12. The van der Waals surface area contributed by atoms with Crippen LogP contribution >= 0.6 is 0 Å². The van der Waals surface area contributed by atoms with Gasteiger partial charge in [0.25, 0.3) is 5.91 Å². The molecule has 0 atom stereocenters. The topological polar surface area (TPSA) is 81.7 Å². The average Bonchev–Trinajstić information content (AvgIpc) is 3.13. The minimum Gasteiger partial charge on any atom is -0.355 e. The average molecular weight is 390 g/mol. The van der Waals surface area contributed by atoms with Crippen molar-refractivity contribution < 1.29 is 14.0 Å². The van der Waals surface area contributed by atoms with E-state index in [0.717, 1.165) is 16.7 Å². The van der Waals surface area contributed by atoms with Gasteiger partial charge in [0, 0.05) is 18.8 Å². The summed E-state index contributed by atoms with van der Waals surface area (Å²) in [5.74, 6) is 4.57. The molecule has 0 saturated carbocycles. The molecule has 0 aliphatic rings. The van der Waals surface area contributed by atoms with Crippen molar-refractivity contribution in [3.8, 4) is 22.4 Å². The van der Waals surface area contributed by atoms with Crippen LogP contribution in [-0.2, 0) is 11.4 Å². The molecular weight excluding hydrogens is 371 g/mol. The third-order valence-corrected chi connectivity index (χ3v) is 4.72. The zero-order chi connectivity index (χ0) is 20.4. The molecule has 146 valence electrons. The highest BCUT2D eigenvalue weighted by molar-refractivity contribution is 6.06. The zero-order valence-electron chi connectivity index (χ0n) is 15.7. The van der Waals surface area contributed by atoms with E-state index in [1.54, 1.807) is 29.9 Å². The summed E-state index contributed by atoms with van der Waals surface area (Å²) >= 11 is 0. The fraction of sp³-hybridized carbons (Fsp3) is 0.0909. The number of nitrogens with two attached hydrogens (primary N) is 1. The first-order valence-corrected chi connectivity index (χ1v) is 9.02. The van der Waals surface area contributed by atoms with Gasteiger partial charge in [-0.3, -0.25) is 9.63 Å². The number of hydrogen-bond donors (Lipinski definition) is 2. The van der Waals surface area contributed by atoms with Gasteiger partial charge in [-0.2, -0.15) is 5.10 Å². The van der Waals surface area contributed by atoms with E-state index in [1.807, 2.05) is 36.4 Å². The largest absolute Gasteiger partial charge is 0.355 e. The van der Waals surface area contributed by atoms with E-state index in [4.69, 9.17) is 10.7 Å². The molecule has 2 aromatic carbocycles. The first-order chi connectivity index (χ1) is 14.1. The fourth-order valence-corrected chi connectivity index (χ4v) is 3.32. The number of benzene rings is 2. The number of rotatable bonds is 5.